The number of ether oxygens (including phenoxy) is 3. The Balaban J connectivity index is 1.13. The number of carbonyl (C=O) groups excluding carboxylic acids is 2. The van der Waals surface area contributed by atoms with Crippen molar-refractivity contribution in [3.05, 3.63) is 70.3 Å². The summed E-state index contributed by atoms with van der Waals surface area (Å²) in [5.41, 5.74) is 3.58. The zero-order valence-corrected chi connectivity index (χ0v) is 32.7. The molecule has 2 aromatic carbocycles. The van der Waals surface area contributed by atoms with E-state index in [-0.39, 0.29) is 34.6 Å². The zero-order chi connectivity index (χ0) is 37.0. The second-order valence-electron chi connectivity index (χ2n) is 16.8. The monoisotopic (exact) mass is 764 g/mol. The van der Waals surface area contributed by atoms with Crippen LogP contribution in [0.2, 0.25) is 5.02 Å². The lowest BCUT2D eigenvalue weighted by molar-refractivity contribution is -0.142. The van der Waals surface area contributed by atoms with Gasteiger partial charge in [0.1, 0.15) is 15.7 Å². The van der Waals surface area contributed by atoms with E-state index in [2.05, 4.69) is 43.6 Å². The molecule has 8 rings (SSSR count). The average Bonchev–Trinajstić information content (AvgIpc) is 3.24. The maximum absolute atomic E-state index is 14.6. The minimum atomic E-state index is -3.49. The second kappa shape index (κ2) is 14.5. The maximum atomic E-state index is 14.6. The van der Waals surface area contributed by atoms with Crippen LogP contribution in [0, 0.1) is 29.1 Å². The first kappa shape index (κ1) is 36.8. The number of halogens is 1. The lowest BCUT2D eigenvalue weighted by Gasteiger charge is -2.63. The highest BCUT2D eigenvalue weighted by molar-refractivity contribution is 7.92. The van der Waals surface area contributed by atoms with Crippen LogP contribution in [0.15, 0.2) is 52.9 Å². The number of nitrogens with one attached hydrogen (secondary N) is 2. The quantitative estimate of drug-likeness (QED) is 0.313. The Kier molecular flexibility index (Phi) is 10.1. The number of nitrogens with zero attached hydrogens (tertiary/aromatic N) is 2. The van der Waals surface area contributed by atoms with Crippen molar-refractivity contribution >= 4 is 39.1 Å². The molecule has 1 spiro atoms. The van der Waals surface area contributed by atoms with E-state index in [0.717, 1.165) is 75.2 Å². The first-order valence-corrected chi connectivity index (χ1v) is 21.5. The highest BCUT2D eigenvalue weighted by Crippen LogP contribution is 2.61. The highest BCUT2D eigenvalue weighted by Gasteiger charge is 2.60. The van der Waals surface area contributed by atoms with Crippen LogP contribution < -0.4 is 19.7 Å². The van der Waals surface area contributed by atoms with Crippen molar-refractivity contribution in [2.75, 3.05) is 51.2 Å². The van der Waals surface area contributed by atoms with Gasteiger partial charge in [0.2, 0.25) is 0 Å². The van der Waals surface area contributed by atoms with Gasteiger partial charge >= 0.3 is 6.03 Å². The molecule has 10 nitrogen and oxygen atoms in total. The number of allylic oxidation sites excluding steroid dienone is 1. The summed E-state index contributed by atoms with van der Waals surface area (Å²) in [6, 6.07) is 11.1. The molecule has 0 saturated heterocycles. The molecule has 4 aliphatic carbocycles. The van der Waals surface area contributed by atoms with E-state index in [1.807, 2.05) is 25.1 Å². The molecule has 3 saturated carbocycles. The summed E-state index contributed by atoms with van der Waals surface area (Å²) in [5, 5.41) is 3.79. The molecule has 2 aliphatic heterocycles. The molecule has 6 aliphatic rings. The van der Waals surface area contributed by atoms with Gasteiger partial charge in [-0.1, -0.05) is 36.7 Å². The third-order valence-electron chi connectivity index (χ3n) is 13.4. The predicted octanol–water partition coefficient (Wildman–Crippen LogP) is 7.09. The standard InChI is InChI=1S/C41H53ClN4O6S/c1-26-6-4-8-36(51-3)31-12-9-29(31)21-46-23-41(16-5-7-27-18-30(42)11-13-32(27)41)25-52-37-14-10-28(19-35(37)46)38(47)44-53(49,22-26)45-39(48)43-34-20-40(24-50-2)17-15-33(34)40/h4,8,10-11,13-14,18-19,26,29,31,33-34,36H,5-7,9,12,15-17,20-25H2,1-3H3,(H2,43,44,45,47,48,49)/b8-4+/t26-,29-,31+,33?,34?,36-,40?,41-,53?/m0/s1. The SMILES string of the molecule is COCC12CCC1C(NC(=O)NS1(=O)=NC(=O)c3ccc4c(c3)N(C[C@@H]3CC[C@H]3[C@@H](OC)/C=C/C[C@H](C)C1)C[C@@]1(CCCc3cc(Cl)ccc31)CO4)C2. The largest absolute Gasteiger partial charge is 0.490 e. The van der Waals surface area contributed by atoms with Gasteiger partial charge in [-0.3, -0.25) is 9.52 Å². The second-order valence-corrected chi connectivity index (χ2v) is 19.2. The van der Waals surface area contributed by atoms with Crippen LogP contribution in [-0.2, 0) is 31.2 Å². The van der Waals surface area contributed by atoms with Crippen molar-refractivity contribution in [3.63, 3.8) is 0 Å². The lowest BCUT2D eigenvalue weighted by Crippen LogP contribution is -2.67. The third kappa shape index (κ3) is 7.00. The predicted molar refractivity (Wildman–Crippen MR) is 207 cm³/mol. The Hall–Kier alpha value is -3.12. The van der Waals surface area contributed by atoms with Crippen LogP contribution in [0.1, 0.15) is 79.8 Å². The Morgan fingerprint density at radius 2 is 2.02 bits per heavy atom. The van der Waals surface area contributed by atoms with Crippen molar-refractivity contribution in [2.24, 2.45) is 33.4 Å². The van der Waals surface area contributed by atoms with Crippen LogP contribution in [0.3, 0.4) is 0 Å². The summed E-state index contributed by atoms with van der Waals surface area (Å²) in [4.78, 5) is 29.9. The minimum absolute atomic E-state index is 0.0163. The highest BCUT2D eigenvalue weighted by atomic mass is 35.5. The van der Waals surface area contributed by atoms with Crippen LogP contribution in [-0.4, -0.2) is 74.6 Å². The minimum Gasteiger partial charge on any atom is -0.490 e. The number of carbonyl (C=O) groups is 2. The van der Waals surface area contributed by atoms with Crippen molar-refractivity contribution < 1.29 is 28.0 Å². The summed E-state index contributed by atoms with van der Waals surface area (Å²) in [6.45, 7) is 4.69. The van der Waals surface area contributed by atoms with Gasteiger partial charge < -0.3 is 24.4 Å². The summed E-state index contributed by atoms with van der Waals surface area (Å²) >= 11 is 6.47. The van der Waals surface area contributed by atoms with E-state index in [0.29, 0.717) is 48.7 Å². The zero-order valence-electron chi connectivity index (χ0n) is 31.1. The molecule has 2 bridgehead atoms. The number of urea groups is 1. The molecule has 4 unspecified atom stereocenters. The number of benzene rings is 2. The van der Waals surface area contributed by atoms with Gasteiger partial charge in [-0.2, -0.15) is 0 Å². The van der Waals surface area contributed by atoms with Gasteiger partial charge in [-0.05, 0) is 123 Å². The van der Waals surface area contributed by atoms with E-state index in [1.165, 1.54) is 11.1 Å². The number of fused-ring (bicyclic) bond motifs is 5. The number of rotatable bonds is 5. The van der Waals surface area contributed by atoms with Gasteiger partial charge in [-0.15, -0.1) is 4.36 Å². The van der Waals surface area contributed by atoms with Crippen molar-refractivity contribution in [3.8, 4) is 5.75 Å². The van der Waals surface area contributed by atoms with Crippen molar-refractivity contribution in [1.82, 2.24) is 10.0 Å². The Labute approximate surface area is 319 Å². The number of hydrogen-bond acceptors (Lipinski definition) is 7. The Morgan fingerprint density at radius 1 is 1.15 bits per heavy atom. The van der Waals surface area contributed by atoms with Crippen LogP contribution in [0.4, 0.5) is 10.5 Å². The van der Waals surface area contributed by atoms with Crippen LogP contribution >= 0.6 is 11.6 Å². The lowest BCUT2D eigenvalue weighted by atomic mass is 9.45. The molecule has 3 amide bonds. The van der Waals surface area contributed by atoms with Gasteiger partial charge in [-0.25, -0.2) is 9.00 Å². The summed E-state index contributed by atoms with van der Waals surface area (Å²) < 4.78 is 39.8. The molecule has 286 valence electrons. The number of anilines is 1. The van der Waals surface area contributed by atoms with E-state index < -0.39 is 21.9 Å². The Morgan fingerprint density at radius 3 is 2.75 bits per heavy atom. The molecule has 3 fully saturated rings. The molecule has 12 heteroatoms. The molecular formula is C41H53ClN4O6S. The fourth-order valence-electron chi connectivity index (χ4n) is 10.4. The number of hydrogen-bond donors (Lipinski definition) is 2. The van der Waals surface area contributed by atoms with Crippen molar-refractivity contribution in [2.45, 2.75) is 82.3 Å². The number of methoxy groups -OCH3 is 2. The summed E-state index contributed by atoms with van der Waals surface area (Å²) in [6.07, 6.45) is 12.9. The van der Waals surface area contributed by atoms with Gasteiger partial charge in [0, 0.05) is 54.8 Å². The van der Waals surface area contributed by atoms with Crippen LogP contribution in [0.5, 0.6) is 5.75 Å². The van der Waals surface area contributed by atoms with Crippen molar-refractivity contribution in [1.29, 1.82) is 0 Å². The normalized spacial score (nSPS) is 36.8. The van der Waals surface area contributed by atoms with Gasteiger partial charge in [0.15, 0.2) is 0 Å². The first-order chi connectivity index (χ1) is 25.5. The Bertz CT molecular complexity index is 1910. The van der Waals surface area contributed by atoms with E-state index in [1.54, 1.807) is 20.3 Å². The van der Waals surface area contributed by atoms with E-state index in [4.69, 9.17) is 25.8 Å². The molecule has 2 heterocycles. The van der Waals surface area contributed by atoms with Gasteiger partial charge in [0.05, 0.1) is 30.8 Å². The topological polar surface area (TPSA) is 119 Å². The number of aryl methyl sites for hydroxylation is 1. The van der Waals surface area contributed by atoms with E-state index >= 15 is 0 Å². The first-order valence-electron chi connectivity index (χ1n) is 19.4. The molecule has 0 radical (unpaired) electrons. The summed E-state index contributed by atoms with van der Waals surface area (Å²) in [7, 11) is -0.00420. The fraction of sp³-hybridized carbons (Fsp3) is 0.610. The average molecular weight is 765 g/mol. The third-order valence-corrected chi connectivity index (χ3v) is 15.6. The fourth-order valence-corrected chi connectivity index (χ4v) is 12.4. The molecule has 0 aromatic heterocycles. The van der Waals surface area contributed by atoms with Gasteiger partial charge in [0.25, 0.3) is 5.91 Å². The molecular weight excluding hydrogens is 712 g/mol. The molecule has 2 N–H and O–H groups in total. The molecule has 2 aromatic rings. The summed E-state index contributed by atoms with van der Waals surface area (Å²) in [5.74, 6) is 1.10. The van der Waals surface area contributed by atoms with E-state index in [9.17, 15) is 13.8 Å². The smallest absolute Gasteiger partial charge is 0.327 e. The molecule has 9 atom stereocenters. The maximum Gasteiger partial charge on any atom is 0.327 e. The molecule has 53 heavy (non-hydrogen) atoms. The number of amides is 3. The van der Waals surface area contributed by atoms with Crippen LogP contribution in [0.25, 0.3) is 0 Å².